The maximum absolute atomic E-state index is 10.6. The van der Waals surface area contributed by atoms with Crippen molar-refractivity contribution >= 4 is 6.29 Å². The van der Waals surface area contributed by atoms with Crippen LogP contribution in [0.5, 0.6) is 0 Å². The van der Waals surface area contributed by atoms with E-state index in [2.05, 4.69) is 25.7 Å². The molecule has 0 aromatic carbocycles. The van der Waals surface area contributed by atoms with E-state index in [1.165, 1.54) is 13.0 Å². The summed E-state index contributed by atoms with van der Waals surface area (Å²) in [6, 6.07) is 0. The molecule has 0 aromatic heterocycles. The summed E-state index contributed by atoms with van der Waals surface area (Å²) in [4.78, 5) is 13.1. The molecule has 0 atom stereocenters. The van der Waals surface area contributed by atoms with E-state index in [9.17, 15) is 4.79 Å². The molecule has 0 N–H and O–H groups in total. The van der Waals surface area contributed by atoms with Crippen molar-refractivity contribution in [3.8, 4) is 0 Å². The Morgan fingerprint density at radius 2 is 1.86 bits per heavy atom. The third kappa shape index (κ3) is 4.23. The maximum Gasteiger partial charge on any atom is 0.123 e. The summed E-state index contributed by atoms with van der Waals surface area (Å²) in [6.07, 6.45) is 4.50. The minimum absolute atomic E-state index is 0.334. The molecule has 14 heavy (non-hydrogen) atoms. The molecule has 1 saturated heterocycles. The fourth-order valence-corrected chi connectivity index (χ4v) is 1.81. The SMILES string of the molecule is CC(C)(C)CCN1CCC(C=O)CC1. The van der Waals surface area contributed by atoms with Crippen LogP contribution in [-0.2, 0) is 4.79 Å². The van der Waals surface area contributed by atoms with E-state index < -0.39 is 0 Å². The Morgan fingerprint density at radius 1 is 1.29 bits per heavy atom. The van der Waals surface area contributed by atoms with Gasteiger partial charge in [-0.3, -0.25) is 0 Å². The number of carbonyl (C=O) groups is 1. The van der Waals surface area contributed by atoms with Crippen molar-refractivity contribution in [2.24, 2.45) is 11.3 Å². The minimum atomic E-state index is 0.334. The Labute approximate surface area is 87.7 Å². The highest BCUT2D eigenvalue weighted by Gasteiger charge is 2.19. The molecule has 0 saturated carbocycles. The Morgan fingerprint density at radius 3 is 2.29 bits per heavy atom. The average Bonchev–Trinajstić information content (AvgIpc) is 2.14. The van der Waals surface area contributed by atoms with Crippen molar-refractivity contribution in [1.29, 1.82) is 0 Å². The molecular weight excluding hydrogens is 174 g/mol. The monoisotopic (exact) mass is 197 g/mol. The van der Waals surface area contributed by atoms with Crippen LogP contribution in [0.2, 0.25) is 0 Å². The fraction of sp³-hybridized carbons (Fsp3) is 0.917. The van der Waals surface area contributed by atoms with Gasteiger partial charge in [0.05, 0.1) is 0 Å². The molecule has 2 nitrogen and oxygen atoms in total. The Hall–Kier alpha value is -0.370. The molecule has 0 spiro atoms. The van der Waals surface area contributed by atoms with E-state index in [4.69, 9.17) is 0 Å². The van der Waals surface area contributed by atoms with Crippen molar-refractivity contribution in [2.75, 3.05) is 19.6 Å². The Balaban J connectivity index is 2.19. The van der Waals surface area contributed by atoms with Crippen molar-refractivity contribution in [3.63, 3.8) is 0 Å². The van der Waals surface area contributed by atoms with Crippen LogP contribution in [0.25, 0.3) is 0 Å². The first-order chi connectivity index (χ1) is 6.51. The number of piperidine rings is 1. The Kier molecular flexibility index (Phi) is 4.11. The predicted molar refractivity (Wildman–Crippen MR) is 59.3 cm³/mol. The molecular formula is C12H23NO. The molecule has 0 bridgehead atoms. The molecule has 0 amide bonds. The van der Waals surface area contributed by atoms with Crippen molar-refractivity contribution in [3.05, 3.63) is 0 Å². The lowest BCUT2D eigenvalue weighted by Gasteiger charge is -2.31. The lowest BCUT2D eigenvalue weighted by Crippen LogP contribution is -2.36. The second-order valence-corrected chi connectivity index (χ2v) is 5.63. The van der Waals surface area contributed by atoms with Crippen molar-refractivity contribution < 1.29 is 4.79 Å². The number of carbonyl (C=O) groups excluding carboxylic acids is 1. The number of nitrogens with zero attached hydrogens (tertiary/aromatic N) is 1. The van der Waals surface area contributed by atoms with Crippen LogP contribution in [0, 0.1) is 11.3 Å². The normalized spacial score (nSPS) is 21.1. The molecule has 1 rings (SSSR count). The van der Waals surface area contributed by atoms with E-state index >= 15 is 0 Å². The predicted octanol–water partition coefficient (Wildman–Crippen LogP) is 2.33. The lowest BCUT2D eigenvalue weighted by molar-refractivity contribution is -0.112. The first-order valence-corrected chi connectivity index (χ1v) is 5.69. The van der Waals surface area contributed by atoms with Gasteiger partial charge in [-0.15, -0.1) is 0 Å². The molecule has 0 aliphatic carbocycles. The van der Waals surface area contributed by atoms with Crippen LogP contribution in [0.1, 0.15) is 40.0 Å². The number of hydrogen-bond acceptors (Lipinski definition) is 2. The molecule has 2 heteroatoms. The van der Waals surface area contributed by atoms with Gasteiger partial charge < -0.3 is 9.69 Å². The van der Waals surface area contributed by atoms with Crippen molar-refractivity contribution in [1.82, 2.24) is 4.90 Å². The fourth-order valence-electron chi connectivity index (χ4n) is 1.81. The number of aldehydes is 1. The summed E-state index contributed by atoms with van der Waals surface area (Å²) in [6.45, 7) is 10.3. The van der Waals surface area contributed by atoms with Crippen molar-refractivity contribution in [2.45, 2.75) is 40.0 Å². The summed E-state index contributed by atoms with van der Waals surface area (Å²) < 4.78 is 0. The zero-order valence-electron chi connectivity index (χ0n) is 9.75. The van der Waals surface area contributed by atoms with Gasteiger partial charge in [0, 0.05) is 5.92 Å². The zero-order chi connectivity index (χ0) is 10.6. The number of likely N-dealkylation sites (tertiary alicyclic amines) is 1. The molecule has 82 valence electrons. The Bertz CT molecular complexity index is 175. The van der Waals surface area contributed by atoms with E-state index in [-0.39, 0.29) is 0 Å². The van der Waals surface area contributed by atoms with Gasteiger partial charge in [0.1, 0.15) is 6.29 Å². The van der Waals surface area contributed by atoms with Gasteiger partial charge in [-0.05, 0) is 44.3 Å². The first-order valence-electron chi connectivity index (χ1n) is 5.69. The number of rotatable bonds is 3. The van der Waals surface area contributed by atoms with Gasteiger partial charge in [-0.2, -0.15) is 0 Å². The summed E-state index contributed by atoms with van der Waals surface area (Å²) in [5.74, 6) is 0.334. The number of hydrogen-bond donors (Lipinski definition) is 0. The summed E-state index contributed by atoms with van der Waals surface area (Å²) in [7, 11) is 0. The largest absolute Gasteiger partial charge is 0.303 e. The van der Waals surface area contributed by atoms with Crippen LogP contribution in [0.15, 0.2) is 0 Å². The smallest absolute Gasteiger partial charge is 0.123 e. The van der Waals surface area contributed by atoms with Crippen LogP contribution in [0.3, 0.4) is 0 Å². The maximum atomic E-state index is 10.6. The van der Waals surface area contributed by atoms with Gasteiger partial charge in [0.25, 0.3) is 0 Å². The molecule has 1 fully saturated rings. The van der Waals surface area contributed by atoms with Crippen LogP contribution < -0.4 is 0 Å². The van der Waals surface area contributed by atoms with Gasteiger partial charge >= 0.3 is 0 Å². The highest BCUT2D eigenvalue weighted by atomic mass is 16.1. The standard InChI is InChI=1S/C12H23NO/c1-12(2,3)6-9-13-7-4-11(10-14)5-8-13/h10-11H,4-9H2,1-3H3. The van der Waals surface area contributed by atoms with E-state index in [1.807, 2.05) is 0 Å². The van der Waals surface area contributed by atoms with E-state index in [0.29, 0.717) is 11.3 Å². The highest BCUT2D eigenvalue weighted by molar-refractivity contribution is 5.53. The quantitative estimate of drug-likeness (QED) is 0.647. The van der Waals surface area contributed by atoms with E-state index in [0.717, 1.165) is 32.2 Å². The summed E-state index contributed by atoms with van der Waals surface area (Å²) >= 11 is 0. The third-order valence-corrected chi connectivity index (χ3v) is 3.00. The van der Waals surface area contributed by atoms with Crippen LogP contribution in [0.4, 0.5) is 0 Å². The van der Waals surface area contributed by atoms with Gasteiger partial charge in [-0.25, -0.2) is 0 Å². The van der Waals surface area contributed by atoms with E-state index in [1.54, 1.807) is 0 Å². The van der Waals surface area contributed by atoms with Crippen LogP contribution in [-0.4, -0.2) is 30.8 Å². The van der Waals surface area contributed by atoms with Gasteiger partial charge in [-0.1, -0.05) is 20.8 Å². The van der Waals surface area contributed by atoms with Gasteiger partial charge in [0.15, 0.2) is 0 Å². The molecule has 0 unspecified atom stereocenters. The first kappa shape index (κ1) is 11.7. The lowest BCUT2D eigenvalue weighted by atomic mass is 9.91. The summed E-state index contributed by atoms with van der Waals surface area (Å²) in [5, 5.41) is 0. The second-order valence-electron chi connectivity index (χ2n) is 5.63. The molecule has 0 aromatic rings. The minimum Gasteiger partial charge on any atom is -0.303 e. The van der Waals surface area contributed by atoms with Crippen LogP contribution >= 0.6 is 0 Å². The molecule has 0 radical (unpaired) electrons. The summed E-state index contributed by atoms with van der Waals surface area (Å²) in [5.41, 5.74) is 0.432. The third-order valence-electron chi connectivity index (χ3n) is 3.00. The highest BCUT2D eigenvalue weighted by Crippen LogP contribution is 2.21. The molecule has 1 aliphatic rings. The average molecular weight is 197 g/mol. The zero-order valence-corrected chi connectivity index (χ0v) is 9.75. The van der Waals surface area contributed by atoms with Gasteiger partial charge in [0.2, 0.25) is 0 Å². The second kappa shape index (κ2) is 4.92. The molecule has 1 aliphatic heterocycles. The topological polar surface area (TPSA) is 20.3 Å². The molecule has 1 heterocycles.